The van der Waals surface area contributed by atoms with Crippen LogP contribution in [0, 0.1) is 6.92 Å². The smallest absolute Gasteiger partial charge is 0.348 e. The number of hydrogen-bond acceptors (Lipinski definition) is 5. The molecule has 0 bridgehead atoms. The summed E-state index contributed by atoms with van der Waals surface area (Å²) >= 11 is 0. The Morgan fingerprint density at radius 3 is 2.66 bits per heavy atom. The van der Waals surface area contributed by atoms with E-state index in [0.717, 1.165) is 22.5 Å². The minimum Gasteiger partial charge on any atom is -0.507 e. The first-order valence-corrected chi connectivity index (χ1v) is 9.52. The zero-order valence-corrected chi connectivity index (χ0v) is 16.3. The highest BCUT2D eigenvalue weighted by Gasteiger charge is 2.25. The first kappa shape index (κ1) is 18.7. The number of benzene rings is 2. The SMILES string of the molecule is CC(=Cc1ccccc1)C1CC(c2c(O)cc(C)oc2=O)=Nc2ccccc2N1. The molecular weight excluding hydrogens is 364 g/mol. The van der Waals surface area contributed by atoms with Crippen molar-refractivity contribution in [3.63, 3.8) is 0 Å². The molecule has 0 fully saturated rings. The molecule has 146 valence electrons. The highest BCUT2D eigenvalue weighted by atomic mass is 16.4. The molecule has 0 spiro atoms. The van der Waals surface area contributed by atoms with E-state index >= 15 is 0 Å². The third kappa shape index (κ3) is 3.99. The summed E-state index contributed by atoms with van der Waals surface area (Å²) in [6.07, 6.45) is 2.55. The van der Waals surface area contributed by atoms with Gasteiger partial charge in [0, 0.05) is 12.5 Å². The highest BCUT2D eigenvalue weighted by Crippen LogP contribution is 2.33. The number of fused-ring (bicyclic) bond motifs is 1. The molecule has 1 atom stereocenters. The molecule has 0 amide bonds. The lowest BCUT2D eigenvalue weighted by Crippen LogP contribution is -2.26. The molecule has 3 aromatic rings. The van der Waals surface area contributed by atoms with Gasteiger partial charge in [-0.2, -0.15) is 0 Å². The summed E-state index contributed by atoms with van der Waals surface area (Å²) < 4.78 is 5.23. The Morgan fingerprint density at radius 1 is 1.17 bits per heavy atom. The van der Waals surface area contributed by atoms with Crippen LogP contribution >= 0.6 is 0 Å². The van der Waals surface area contributed by atoms with Gasteiger partial charge in [-0.15, -0.1) is 0 Å². The van der Waals surface area contributed by atoms with E-state index in [9.17, 15) is 9.90 Å². The van der Waals surface area contributed by atoms with Gasteiger partial charge in [0.2, 0.25) is 0 Å². The van der Waals surface area contributed by atoms with Crippen molar-refractivity contribution in [2.45, 2.75) is 26.3 Å². The van der Waals surface area contributed by atoms with Crippen LogP contribution < -0.4 is 10.9 Å². The van der Waals surface area contributed by atoms with Crippen LogP contribution in [0.4, 0.5) is 11.4 Å². The quantitative estimate of drug-likeness (QED) is 0.660. The molecular formula is C24H22N2O3. The predicted octanol–water partition coefficient (Wildman–Crippen LogP) is 5.06. The standard InChI is InChI=1S/C24H22N2O3/c1-15(12-17-8-4-3-5-9-17)20-14-21(23-22(27)13-16(2)29-24(23)28)26-19-11-7-6-10-18(19)25-20/h3-13,20,25,27H,14H2,1-2H3. The number of hydrogen-bond donors (Lipinski definition) is 2. The lowest BCUT2D eigenvalue weighted by Gasteiger charge is -2.20. The van der Waals surface area contributed by atoms with Gasteiger partial charge in [0.25, 0.3) is 0 Å². The molecule has 1 aliphatic heterocycles. The van der Waals surface area contributed by atoms with Crippen molar-refractivity contribution in [3.8, 4) is 5.75 Å². The van der Waals surface area contributed by atoms with Gasteiger partial charge in [0.1, 0.15) is 17.1 Å². The number of nitrogens with zero attached hydrogens (tertiary/aromatic N) is 1. The minimum atomic E-state index is -0.580. The molecule has 5 nitrogen and oxygen atoms in total. The molecule has 5 heteroatoms. The van der Waals surface area contributed by atoms with E-state index in [0.29, 0.717) is 17.9 Å². The second-order valence-corrected chi connectivity index (χ2v) is 7.18. The molecule has 0 radical (unpaired) electrons. The normalized spacial score (nSPS) is 16.4. The van der Waals surface area contributed by atoms with Crippen molar-refractivity contribution < 1.29 is 9.52 Å². The van der Waals surface area contributed by atoms with Gasteiger partial charge < -0.3 is 14.8 Å². The van der Waals surface area contributed by atoms with Crippen LogP contribution in [-0.2, 0) is 0 Å². The first-order valence-electron chi connectivity index (χ1n) is 9.52. The maximum absolute atomic E-state index is 12.5. The first-order chi connectivity index (χ1) is 14.0. The van der Waals surface area contributed by atoms with Gasteiger partial charge in [0.05, 0.1) is 23.1 Å². The molecule has 29 heavy (non-hydrogen) atoms. The fraction of sp³-hybridized carbons (Fsp3) is 0.167. The van der Waals surface area contributed by atoms with E-state index in [1.54, 1.807) is 6.92 Å². The Hall–Kier alpha value is -3.60. The van der Waals surface area contributed by atoms with Gasteiger partial charge in [0.15, 0.2) is 0 Å². The fourth-order valence-corrected chi connectivity index (χ4v) is 3.52. The van der Waals surface area contributed by atoms with Crippen molar-refractivity contribution in [1.82, 2.24) is 0 Å². The third-order valence-electron chi connectivity index (χ3n) is 4.97. The van der Waals surface area contributed by atoms with Crippen LogP contribution in [0.2, 0.25) is 0 Å². The number of aromatic hydroxyl groups is 1. The summed E-state index contributed by atoms with van der Waals surface area (Å²) in [7, 11) is 0. The van der Waals surface area contributed by atoms with Crippen LogP contribution in [-0.4, -0.2) is 16.9 Å². The zero-order chi connectivity index (χ0) is 20.4. The summed E-state index contributed by atoms with van der Waals surface area (Å²) in [5.41, 5.74) is 3.83. The molecule has 2 N–H and O–H groups in total. The Labute approximate surface area is 169 Å². The van der Waals surface area contributed by atoms with Crippen LogP contribution in [0.3, 0.4) is 0 Å². The predicted molar refractivity (Wildman–Crippen MR) is 116 cm³/mol. The molecule has 1 aromatic heterocycles. The molecule has 0 saturated carbocycles. The second-order valence-electron chi connectivity index (χ2n) is 7.18. The van der Waals surface area contributed by atoms with Crippen LogP contribution in [0.1, 0.15) is 30.2 Å². The number of nitrogens with one attached hydrogen (secondary N) is 1. The zero-order valence-electron chi connectivity index (χ0n) is 16.3. The van der Waals surface area contributed by atoms with E-state index in [1.165, 1.54) is 6.07 Å². The number of aryl methyl sites for hydroxylation is 1. The van der Waals surface area contributed by atoms with Crippen molar-refractivity contribution in [3.05, 3.63) is 93.5 Å². The lowest BCUT2D eigenvalue weighted by molar-refractivity contribution is 0.432. The molecule has 1 aliphatic rings. The number of para-hydroxylation sites is 2. The number of anilines is 1. The maximum atomic E-state index is 12.5. The Morgan fingerprint density at radius 2 is 1.90 bits per heavy atom. The van der Waals surface area contributed by atoms with Gasteiger partial charge in [-0.1, -0.05) is 54.1 Å². The van der Waals surface area contributed by atoms with Gasteiger partial charge in [-0.05, 0) is 31.5 Å². The largest absolute Gasteiger partial charge is 0.507 e. The summed E-state index contributed by atoms with van der Waals surface area (Å²) in [6, 6.07) is 19.1. The van der Waals surface area contributed by atoms with Crippen LogP contribution in [0.25, 0.3) is 6.08 Å². The van der Waals surface area contributed by atoms with Gasteiger partial charge in [-0.3, -0.25) is 4.99 Å². The van der Waals surface area contributed by atoms with Gasteiger partial charge in [-0.25, -0.2) is 4.79 Å². The molecule has 0 aliphatic carbocycles. The molecule has 2 heterocycles. The molecule has 0 saturated heterocycles. The van der Waals surface area contributed by atoms with Crippen molar-refractivity contribution in [1.29, 1.82) is 0 Å². The Balaban J connectivity index is 1.81. The van der Waals surface area contributed by atoms with E-state index in [4.69, 9.17) is 9.41 Å². The average Bonchev–Trinajstić information content (AvgIpc) is 2.87. The van der Waals surface area contributed by atoms with Gasteiger partial charge >= 0.3 is 5.63 Å². The second kappa shape index (κ2) is 7.80. The monoisotopic (exact) mass is 386 g/mol. The minimum absolute atomic E-state index is 0.0993. The summed E-state index contributed by atoms with van der Waals surface area (Å²) in [4.78, 5) is 17.2. The topological polar surface area (TPSA) is 74.8 Å². The Kier molecular flexibility index (Phi) is 5.04. The number of aliphatic imine (C=N–C) groups is 1. The molecule has 1 unspecified atom stereocenters. The van der Waals surface area contributed by atoms with Crippen molar-refractivity contribution in [2.75, 3.05) is 5.32 Å². The fourth-order valence-electron chi connectivity index (χ4n) is 3.52. The van der Waals surface area contributed by atoms with E-state index in [-0.39, 0.29) is 17.4 Å². The Bertz CT molecular complexity index is 1160. The lowest BCUT2D eigenvalue weighted by atomic mass is 9.97. The third-order valence-corrected chi connectivity index (χ3v) is 4.97. The molecule has 2 aromatic carbocycles. The van der Waals surface area contributed by atoms with Crippen molar-refractivity contribution >= 4 is 23.2 Å². The van der Waals surface area contributed by atoms with Crippen LogP contribution in [0.15, 0.2) is 80.4 Å². The summed E-state index contributed by atoms with van der Waals surface area (Å²) in [5, 5.41) is 14.0. The maximum Gasteiger partial charge on any atom is 0.348 e. The summed E-state index contributed by atoms with van der Waals surface area (Å²) in [5.74, 6) is 0.251. The van der Waals surface area contributed by atoms with E-state index in [2.05, 4.69) is 11.4 Å². The van der Waals surface area contributed by atoms with Crippen molar-refractivity contribution in [2.24, 2.45) is 4.99 Å². The van der Waals surface area contributed by atoms with Crippen LogP contribution in [0.5, 0.6) is 5.75 Å². The average molecular weight is 386 g/mol. The van der Waals surface area contributed by atoms with E-state index in [1.807, 2.05) is 61.5 Å². The highest BCUT2D eigenvalue weighted by molar-refractivity contribution is 6.05. The molecule has 4 rings (SSSR count). The summed E-state index contributed by atoms with van der Waals surface area (Å²) in [6.45, 7) is 3.68. The van der Waals surface area contributed by atoms with E-state index < -0.39 is 5.63 Å². The number of rotatable bonds is 3.